The zero-order chi connectivity index (χ0) is 22.7. The number of aryl methyl sites for hydroxylation is 1. The van der Waals surface area contributed by atoms with Crippen molar-refractivity contribution in [3.05, 3.63) is 94.0 Å². The van der Waals surface area contributed by atoms with Crippen LogP contribution in [-0.4, -0.2) is 20.9 Å². The molecule has 0 saturated heterocycles. The molecule has 1 heterocycles. The van der Waals surface area contributed by atoms with Crippen LogP contribution in [0, 0.1) is 11.3 Å². The van der Waals surface area contributed by atoms with Crippen LogP contribution in [0.5, 0.6) is 0 Å². The van der Waals surface area contributed by atoms with E-state index in [4.69, 9.17) is 21.6 Å². The fraction of sp³-hybridized carbons (Fsp3) is 0.167. The Morgan fingerprint density at radius 3 is 2.72 bits per heavy atom. The summed E-state index contributed by atoms with van der Waals surface area (Å²) in [6.45, 7) is 0.290. The minimum Gasteiger partial charge on any atom is -0.457 e. The third-order valence-corrected chi connectivity index (χ3v) is 7.38. The maximum absolute atomic E-state index is 13.4. The number of halogens is 1. The van der Waals surface area contributed by atoms with Gasteiger partial charge in [0.15, 0.2) is 0 Å². The fourth-order valence-corrected chi connectivity index (χ4v) is 5.42. The van der Waals surface area contributed by atoms with E-state index in [1.807, 2.05) is 18.2 Å². The van der Waals surface area contributed by atoms with Crippen molar-refractivity contribution in [1.82, 2.24) is 0 Å². The van der Waals surface area contributed by atoms with Crippen molar-refractivity contribution in [3.63, 3.8) is 0 Å². The second-order valence-corrected chi connectivity index (χ2v) is 9.61. The van der Waals surface area contributed by atoms with Crippen LogP contribution in [0.15, 0.2) is 71.6 Å². The molecule has 0 aliphatic carbocycles. The number of nitrogens with zero attached hydrogens (tertiary/aromatic N) is 2. The molecule has 0 fully saturated rings. The molecule has 1 aliphatic heterocycles. The summed E-state index contributed by atoms with van der Waals surface area (Å²) in [7, 11) is -3.89. The number of para-hydroxylation sites is 1. The van der Waals surface area contributed by atoms with Crippen LogP contribution in [0.2, 0.25) is 5.02 Å². The van der Waals surface area contributed by atoms with E-state index in [1.165, 1.54) is 22.5 Å². The molecule has 8 heteroatoms. The summed E-state index contributed by atoms with van der Waals surface area (Å²) in [5.41, 5.74) is 2.67. The summed E-state index contributed by atoms with van der Waals surface area (Å²) in [6.07, 6.45) is 1.52. The number of carbonyl (C=O) groups excluding carboxylic acids is 1. The summed E-state index contributed by atoms with van der Waals surface area (Å²) >= 11 is 6.19. The quantitative estimate of drug-likeness (QED) is 0.508. The Hall–Kier alpha value is -3.34. The van der Waals surface area contributed by atoms with E-state index >= 15 is 0 Å². The van der Waals surface area contributed by atoms with E-state index in [2.05, 4.69) is 0 Å². The van der Waals surface area contributed by atoms with Gasteiger partial charge in [-0.1, -0.05) is 41.9 Å². The Bertz CT molecular complexity index is 1330. The van der Waals surface area contributed by atoms with Gasteiger partial charge in [-0.15, -0.1) is 0 Å². The summed E-state index contributed by atoms with van der Waals surface area (Å²) in [6, 6.07) is 20.1. The second kappa shape index (κ2) is 9.03. The van der Waals surface area contributed by atoms with Gasteiger partial charge in [0.2, 0.25) is 0 Å². The number of rotatable bonds is 5. The molecule has 0 radical (unpaired) electrons. The first kappa shape index (κ1) is 21.9. The highest BCUT2D eigenvalue weighted by molar-refractivity contribution is 7.92. The van der Waals surface area contributed by atoms with Crippen LogP contribution < -0.4 is 4.31 Å². The molecule has 32 heavy (non-hydrogen) atoms. The van der Waals surface area contributed by atoms with E-state index in [1.54, 1.807) is 36.4 Å². The lowest BCUT2D eigenvalue weighted by Crippen LogP contribution is -2.35. The van der Waals surface area contributed by atoms with Crippen molar-refractivity contribution >= 4 is 33.3 Å². The van der Waals surface area contributed by atoms with Crippen LogP contribution >= 0.6 is 11.6 Å². The summed E-state index contributed by atoms with van der Waals surface area (Å²) in [5, 5.41) is 9.09. The van der Waals surface area contributed by atoms with Crippen LogP contribution in [0.4, 0.5) is 5.69 Å². The zero-order valence-corrected chi connectivity index (χ0v) is 18.6. The molecule has 1 aliphatic rings. The van der Waals surface area contributed by atoms with Crippen LogP contribution in [0.25, 0.3) is 0 Å². The van der Waals surface area contributed by atoms with Gasteiger partial charge in [-0.25, -0.2) is 13.2 Å². The van der Waals surface area contributed by atoms with Crippen molar-refractivity contribution in [1.29, 1.82) is 5.26 Å². The largest absolute Gasteiger partial charge is 0.457 e. The van der Waals surface area contributed by atoms with Gasteiger partial charge in [0.1, 0.15) is 6.61 Å². The molecule has 3 aromatic rings. The van der Waals surface area contributed by atoms with Gasteiger partial charge in [-0.05, 0) is 60.4 Å². The number of benzene rings is 3. The fourth-order valence-electron chi connectivity index (χ4n) is 3.65. The molecule has 0 bridgehead atoms. The highest BCUT2D eigenvalue weighted by atomic mass is 35.5. The molecule has 0 N–H and O–H groups in total. The first-order valence-electron chi connectivity index (χ1n) is 9.96. The molecule has 162 valence electrons. The molecule has 0 spiro atoms. The van der Waals surface area contributed by atoms with Crippen molar-refractivity contribution in [2.75, 3.05) is 10.8 Å². The number of fused-ring (bicyclic) bond motifs is 1. The standard InChI is InChI=1S/C24H19ClN2O4S/c25-22-11-10-20(32(29,30)27-12-4-8-19-7-1-2-9-23(19)27)14-21(22)24(28)31-16-18-6-3-5-17(13-18)15-26/h1-3,5-7,9-11,13-14H,4,8,12,16H2. The normalized spacial score (nSPS) is 13.2. The average molecular weight is 467 g/mol. The van der Waals surface area contributed by atoms with Gasteiger partial charge in [0.25, 0.3) is 10.0 Å². The second-order valence-electron chi connectivity index (χ2n) is 7.34. The lowest BCUT2D eigenvalue weighted by Gasteiger charge is -2.30. The van der Waals surface area contributed by atoms with Gasteiger partial charge in [-0.2, -0.15) is 5.26 Å². The van der Waals surface area contributed by atoms with E-state index in [-0.39, 0.29) is 22.1 Å². The summed E-state index contributed by atoms with van der Waals surface area (Å²) in [4.78, 5) is 12.6. The Morgan fingerprint density at radius 2 is 1.91 bits per heavy atom. The smallest absolute Gasteiger partial charge is 0.340 e. The number of carbonyl (C=O) groups is 1. The number of sulfonamides is 1. The van der Waals surface area contributed by atoms with E-state index < -0.39 is 16.0 Å². The lowest BCUT2D eigenvalue weighted by molar-refractivity contribution is 0.0472. The highest BCUT2D eigenvalue weighted by Crippen LogP contribution is 2.33. The SMILES string of the molecule is N#Cc1cccc(COC(=O)c2cc(S(=O)(=O)N3CCCc4ccccc43)ccc2Cl)c1. The maximum atomic E-state index is 13.4. The number of anilines is 1. The third kappa shape index (κ3) is 4.33. The molecule has 3 aromatic carbocycles. The van der Waals surface area contributed by atoms with Gasteiger partial charge >= 0.3 is 5.97 Å². The monoisotopic (exact) mass is 466 g/mol. The van der Waals surface area contributed by atoms with Crippen molar-refractivity contribution < 1.29 is 17.9 Å². The summed E-state index contributed by atoms with van der Waals surface area (Å²) < 4.78 is 33.5. The number of hydrogen-bond donors (Lipinski definition) is 0. The van der Waals surface area contributed by atoms with Crippen molar-refractivity contribution in [3.8, 4) is 6.07 Å². The van der Waals surface area contributed by atoms with Crippen LogP contribution in [0.1, 0.15) is 33.5 Å². The Labute approximate surface area is 191 Å². The molecular formula is C24H19ClN2O4S. The predicted molar refractivity (Wildman–Crippen MR) is 121 cm³/mol. The topological polar surface area (TPSA) is 87.5 Å². The molecule has 0 aromatic heterocycles. The minimum absolute atomic E-state index is 0.0305. The molecule has 0 unspecified atom stereocenters. The van der Waals surface area contributed by atoms with E-state index in [0.29, 0.717) is 29.8 Å². The molecule has 4 rings (SSSR count). The van der Waals surface area contributed by atoms with Crippen LogP contribution in [0.3, 0.4) is 0 Å². The van der Waals surface area contributed by atoms with Gasteiger partial charge in [0.05, 0.1) is 32.8 Å². The Morgan fingerprint density at radius 1 is 1.09 bits per heavy atom. The first-order valence-corrected chi connectivity index (χ1v) is 11.8. The van der Waals surface area contributed by atoms with Gasteiger partial charge < -0.3 is 4.74 Å². The maximum Gasteiger partial charge on any atom is 0.340 e. The van der Waals surface area contributed by atoms with Crippen molar-refractivity contribution in [2.45, 2.75) is 24.3 Å². The van der Waals surface area contributed by atoms with Gasteiger partial charge in [-0.3, -0.25) is 4.31 Å². The molecule has 6 nitrogen and oxygen atoms in total. The predicted octanol–water partition coefficient (Wildman–Crippen LogP) is 4.71. The van der Waals surface area contributed by atoms with E-state index in [0.717, 1.165) is 12.0 Å². The van der Waals surface area contributed by atoms with Crippen LogP contribution in [-0.2, 0) is 27.8 Å². The Kier molecular flexibility index (Phi) is 6.17. The number of ether oxygens (including phenoxy) is 1. The molecule has 0 amide bonds. The summed E-state index contributed by atoms with van der Waals surface area (Å²) in [5.74, 6) is -0.742. The first-order chi connectivity index (χ1) is 15.4. The minimum atomic E-state index is -3.89. The third-order valence-electron chi connectivity index (χ3n) is 5.24. The van der Waals surface area contributed by atoms with Crippen molar-refractivity contribution in [2.24, 2.45) is 0 Å². The average Bonchev–Trinajstić information content (AvgIpc) is 2.82. The Balaban J connectivity index is 1.60. The molecule has 0 atom stereocenters. The number of esters is 1. The zero-order valence-electron chi connectivity index (χ0n) is 17.0. The lowest BCUT2D eigenvalue weighted by atomic mass is 10.0. The number of nitriles is 1. The molecular weight excluding hydrogens is 448 g/mol. The molecule has 0 saturated carbocycles. The number of hydrogen-bond acceptors (Lipinski definition) is 5. The van der Waals surface area contributed by atoms with E-state index in [9.17, 15) is 13.2 Å². The highest BCUT2D eigenvalue weighted by Gasteiger charge is 2.30. The van der Waals surface area contributed by atoms with Gasteiger partial charge in [0, 0.05) is 6.54 Å².